The van der Waals surface area contributed by atoms with Crippen molar-refractivity contribution in [1.29, 1.82) is 0 Å². The second kappa shape index (κ2) is 6.46. The zero-order valence-corrected chi connectivity index (χ0v) is 14.7. The fraction of sp³-hybridized carbons (Fsp3) is 0.263. The molecule has 1 aromatic heterocycles. The first-order chi connectivity index (χ1) is 12.1. The third kappa shape index (κ3) is 3.10. The Labute approximate surface area is 149 Å². The Kier molecular flexibility index (Phi) is 4.15. The summed E-state index contributed by atoms with van der Waals surface area (Å²) in [7, 11) is 2.07. The van der Waals surface area contributed by atoms with Crippen molar-refractivity contribution in [2.45, 2.75) is 12.5 Å². The van der Waals surface area contributed by atoms with E-state index < -0.39 is 6.10 Å². The predicted octanol–water partition coefficient (Wildman–Crippen LogP) is 2.75. The van der Waals surface area contributed by atoms with Crippen molar-refractivity contribution < 1.29 is 9.90 Å². The van der Waals surface area contributed by atoms with Crippen LogP contribution in [0, 0.1) is 0 Å². The zero-order valence-electron chi connectivity index (χ0n) is 13.9. The third-order valence-corrected chi connectivity index (χ3v) is 5.46. The largest absolute Gasteiger partial charge is 0.387 e. The maximum absolute atomic E-state index is 12.3. The van der Waals surface area contributed by atoms with Gasteiger partial charge in [0.2, 0.25) is 0 Å². The molecule has 0 spiro atoms. The highest BCUT2D eigenvalue weighted by molar-refractivity contribution is 7.16. The summed E-state index contributed by atoms with van der Waals surface area (Å²) in [6, 6.07) is 11.4. The van der Waals surface area contributed by atoms with Gasteiger partial charge in [-0.3, -0.25) is 4.79 Å². The Morgan fingerprint density at radius 2 is 2.24 bits per heavy atom. The van der Waals surface area contributed by atoms with E-state index >= 15 is 0 Å². The van der Waals surface area contributed by atoms with Crippen LogP contribution in [0.25, 0.3) is 10.2 Å². The summed E-state index contributed by atoms with van der Waals surface area (Å²) in [4.78, 5) is 18.8. The Morgan fingerprint density at radius 1 is 1.36 bits per heavy atom. The first kappa shape index (κ1) is 16.1. The lowest BCUT2D eigenvalue weighted by Gasteiger charge is -2.15. The average molecular weight is 353 g/mol. The van der Waals surface area contributed by atoms with Gasteiger partial charge >= 0.3 is 0 Å². The highest BCUT2D eigenvalue weighted by atomic mass is 32.1. The first-order valence-corrected chi connectivity index (χ1v) is 9.13. The smallest absolute Gasteiger partial charge is 0.251 e. The normalized spacial score (nSPS) is 14.6. The molecule has 3 aromatic rings. The lowest BCUT2D eigenvalue weighted by Crippen LogP contribution is -2.28. The summed E-state index contributed by atoms with van der Waals surface area (Å²) in [6.45, 7) is 1.19. The predicted molar refractivity (Wildman–Crippen MR) is 100 cm³/mol. The number of hydrogen-bond donors (Lipinski definition) is 2. The monoisotopic (exact) mass is 353 g/mol. The number of amides is 1. The molecule has 1 aliphatic rings. The number of carbonyl (C=O) groups excluding carboxylic acids is 1. The topological polar surface area (TPSA) is 65.5 Å². The van der Waals surface area contributed by atoms with E-state index in [2.05, 4.69) is 22.2 Å². The summed E-state index contributed by atoms with van der Waals surface area (Å²) in [5, 5.41) is 13.2. The third-order valence-electron chi connectivity index (χ3n) is 4.67. The molecule has 5 nitrogen and oxygen atoms in total. The lowest BCUT2D eigenvalue weighted by molar-refractivity contribution is 0.0916. The SMILES string of the molecule is CN1CCc2cc(C(O)CNC(=O)c3ccc4ncsc4c3)ccc21. The summed E-state index contributed by atoms with van der Waals surface area (Å²) in [5.74, 6) is -0.185. The van der Waals surface area contributed by atoms with Gasteiger partial charge in [-0.15, -0.1) is 11.3 Å². The van der Waals surface area contributed by atoms with Crippen molar-refractivity contribution >= 4 is 33.1 Å². The van der Waals surface area contributed by atoms with Crippen LogP contribution in [0.5, 0.6) is 0 Å². The minimum Gasteiger partial charge on any atom is -0.387 e. The number of aliphatic hydroxyl groups excluding tert-OH is 1. The van der Waals surface area contributed by atoms with Crippen molar-refractivity contribution in [2.24, 2.45) is 0 Å². The molecule has 0 fully saturated rings. The van der Waals surface area contributed by atoms with Gasteiger partial charge in [-0.25, -0.2) is 4.98 Å². The second-order valence-electron chi connectivity index (χ2n) is 6.32. The van der Waals surface area contributed by atoms with E-state index in [0.29, 0.717) is 5.56 Å². The molecule has 6 heteroatoms. The maximum Gasteiger partial charge on any atom is 0.251 e. The summed E-state index contributed by atoms with van der Waals surface area (Å²) < 4.78 is 0.982. The van der Waals surface area contributed by atoms with Gasteiger partial charge in [-0.05, 0) is 41.8 Å². The Hall–Kier alpha value is -2.44. The summed E-state index contributed by atoms with van der Waals surface area (Å²) in [5.41, 5.74) is 6.55. The van der Waals surface area contributed by atoms with E-state index in [9.17, 15) is 9.90 Å². The van der Waals surface area contributed by atoms with Crippen molar-refractivity contribution in [3.8, 4) is 0 Å². The lowest BCUT2D eigenvalue weighted by atomic mass is 10.0. The molecular weight excluding hydrogens is 334 g/mol. The van der Waals surface area contributed by atoms with Crippen LogP contribution in [0.1, 0.15) is 27.6 Å². The van der Waals surface area contributed by atoms with Crippen LogP contribution in [0.2, 0.25) is 0 Å². The number of hydrogen-bond acceptors (Lipinski definition) is 5. The number of aromatic nitrogens is 1. The minimum atomic E-state index is -0.715. The van der Waals surface area contributed by atoms with Crippen LogP contribution in [0.3, 0.4) is 0 Å². The number of benzene rings is 2. The molecule has 0 aliphatic carbocycles. The van der Waals surface area contributed by atoms with Gasteiger partial charge in [-0.2, -0.15) is 0 Å². The number of nitrogens with zero attached hydrogens (tertiary/aromatic N) is 2. The van der Waals surface area contributed by atoms with E-state index in [1.165, 1.54) is 22.6 Å². The van der Waals surface area contributed by atoms with Crippen LogP contribution in [0.15, 0.2) is 41.9 Å². The van der Waals surface area contributed by atoms with Gasteiger partial charge < -0.3 is 15.3 Å². The van der Waals surface area contributed by atoms with Gasteiger partial charge in [0.1, 0.15) is 0 Å². The summed E-state index contributed by atoms with van der Waals surface area (Å²) >= 11 is 1.51. The van der Waals surface area contributed by atoms with Crippen LogP contribution in [-0.2, 0) is 6.42 Å². The van der Waals surface area contributed by atoms with Crippen molar-refractivity contribution in [3.05, 3.63) is 58.6 Å². The van der Waals surface area contributed by atoms with Gasteiger partial charge in [0.15, 0.2) is 0 Å². The van der Waals surface area contributed by atoms with E-state index in [1.54, 1.807) is 11.6 Å². The number of thiazole rings is 1. The maximum atomic E-state index is 12.3. The van der Waals surface area contributed by atoms with Gasteiger partial charge in [0.05, 0.1) is 21.8 Å². The first-order valence-electron chi connectivity index (χ1n) is 8.25. The molecule has 2 heterocycles. The van der Waals surface area contributed by atoms with Crippen LogP contribution < -0.4 is 10.2 Å². The van der Waals surface area contributed by atoms with Crippen molar-refractivity contribution in [2.75, 3.05) is 25.0 Å². The Bertz CT molecular complexity index is 937. The minimum absolute atomic E-state index is 0.185. The highest BCUT2D eigenvalue weighted by Crippen LogP contribution is 2.29. The van der Waals surface area contributed by atoms with E-state index in [4.69, 9.17) is 0 Å². The van der Waals surface area contributed by atoms with Gasteiger partial charge in [-0.1, -0.05) is 12.1 Å². The van der Waals surface area contributed by atoms with Gasteiger partial charge in [0.25, 0.3) is 5.91 Å². The molecule has 0 radical (unpaired) electrons. The molecule has 1 unspecified atom stereocenters. The molecule has 0 saturated carbocycles. The Balaban J connectivity index is 1.42. The van der Waals surface area contributed by atoms with Crippen LogP contribution >= 0.6 is 11.3 Å². The molecule has 1 amide bonds. The molecule has 0 bridgehead atoms. The standard InChI is InChI=1S/C19H19N3O2S/c1-22-7-6-12-8-13(3-5-16(12)22)17(23)10-20-19(24)14-2-4-15-18(9-14)25-11-21-15/h2-5,8-9,11,17,23H,6-7,10H2,1H3,(H,20,24). The second-order valence-corrected chi connectivity index (χ2v) is 7.21. The van der Waals surface area contributed by atoms with Crippen molar-refractivity contribution in [3.63, 3.8) is 0 Å². The number of likely N-dealkylation sites (N-methyl/N-ethyl adjacent to an activating group) is 1. The molecule has 1 atom stereocenters. The molecule has 2 aromatic carbocycles. The molecular formula is C19H19N3O2S. The fourth-order valence-electron chi connectivity index (χ4n) is 3.20. The molecule has 1 aliphatic heterocycles. The number of aliphatic hydroxyl groups is 1. The summed E-state index contributed by atoms with van der Waals surface area (Å²) in [6.07, 6.45) is 0.278. The number of carbonyl (C=O) groups is 1. The highest BCUT2D eigenvalue weighted by Gasteiger charge is 2.18. The average Bonchev–Trinajstić information content (AvgIpc) is 3.25. The number of nitrogens with one attached hydrogen (secondary N) is 1. The molecule has 128 valence electrons. The number of anilines is 1. The molecule has 0 saturated heterocycles. The van der Waals surface area contributed by atoms with E-state index in [0.717, 1.165) is 28.7 Å². The Morgan fingerprint density at radius 3 is 3.12 bits per heavy atom. The van der Waals surface area contributed by atoms with Crippen molar-refractivity contribution in [1.82, 2.24) is 10.3 Å². The molecule has 4 rings (SSSR count). The van der Waals surface area contributed by atoms with Crippen LogP contribution in [0.4, 0.5) is 5.69 Å². The zero-order chi connectivity index (χ0) is 17.4. The van der Waals surface area contributed by atoms with E-state index in [1.807, 2.05) is 30.3 Å². The molecule has 25 heavy (non-hydrogen) atoms. The number of fused-ring (bicyclic) bond motifs is 2. The fourth-order valence-corrected chi connectivity index (χ4v) is 3.92. The molecule has 2 N–H and O–H groups in total. The number of rotatable bonds is 4. The van der Waals surface area contributed by atoms with Gasteiger partial charge in [0, 0.05) is 31.4 Å². The van der Waals surface area contributed by atoms with Crippen LogP contribution in [-0.4, -0.2) is 36.1 Å². The quantitative estimate of drug-likeness (QED) is 0.757. The van der Waals surface area contributed by atoms with E-state index in [-0.39, 0.29) is 12.5 Å².